The van der Waals surface area contributed by atoms with E-state index in [1.807, 2.05) is 59.5 Å². The van der Waals surface area contributed by atoms with Gasteiger partial charge in [-0.25, -0.2) is 0 Å². The zero-order chi connectivity index (χ0) is 15.9. The van der Waals surface area contributed by atoms with Crippen molar-refractivity contribution >= 4 is 18.3 Å². The van der Waals surface area contributed by atoms with Crippen molar-refractivity contribution in [3.05, 3.63) is 65.7 Å². The van der Waals surface area contributed by atoms with Crippen LogP contribution in [0.1, 0.15) is 22.3 Å². The molecule has 0 radical (unpaired) electrons. The van der Waals surface area contributed by atoms with E-state index in [0.29, 0.717) is 6.61 Å². The van der Waals surface area contributed by atoms with Crippen molar-refractivity contribution in [2.24, 2.45) is 0 Å². The lowest BCUT2D eigenvalue weighted by Gasteiger charge is -2.21. The predicted molar refractivity (Wildman–Crippen MR) is 97.9 cm³/mol. The van der Waals surface area contributed by atoms with E-state index in [1.165, 1.54) is 0 Å². The van der Waals surface area contributed by atoms with Gasteiger partial charge >= 0.3 is 0 Å². The van der Waals surface area contributed by atoms with E-state index < -0.39 is 0 Å². The molecule has 1 aliphatic rings. The molecule has 0 unspecified atom stereocenters. The Morgan fingerprint density at radius 1 is 1.00 bits per heavy atom. The number of hydrogen-bond acceptors (Lipinski definition) is 3. The summed E-state index contributed by atoms with van der Waals surface area (Å²) < 4.78 is 5.81. The van der Waals surface area contributed by atoms with Crippen molar-refractivity contribution in [3.63, 3.8) is 0 Å². The predicted octanol–water partition coefficient (Wildman–Crippen LogP) is 3.12. The molecule has 2 aromatic carbocycles. The number of halogens is 1. The average molecular weight is 347 g/mol. The molecule has 0 aromatic heterocycles. The number of nitrogens with one attached hydrogen (secondary N) is 1. The van der Waals surface area contributed by atoms with Crippen LogP contribution < -0.4 is 10.1 Å². The summed E-state index contributed by atoms with van der Waals surface area (Å²) in [5.41, 5.74) is 1.67. The highest BCUT2D eigenvalue weighted by Gasteiger charge is 2.19. The van der Waals surface area contributed by atoms with E-state index in [9.17, 15) is 4.79 Å². The summed E-state index contributed by atoms with van der Waals surface area (Å²) in [4.78, 5) is 14.8. The van der Waals surface area contributed by atoms with Gasteiger partial charge in [-0.2, -0.15) is 0 Å². The minimum Gasteiger partial charge on any atom is -0.489 e. The Bertz CT molecular complexity index is 641. The summed E-state index contributed by atoms with van der Waals surface area (Å²) in [6.45, 7) is 3.79. The average Bonchev–Trinajstić information content (AvgIpc) is 2.90. The van der Waals surface area contributed by atoms with Gasteiger partial charge in [0.15, 0.2) is 0 Å². The Morgan fingerprint density at radius 3 is 2.58 bits per heavy atom. The molecule has 1 fully saturated rings. The largest absolute Gasteiger partial charge is 0.489 e. The van der Waals surface area contributed by atoms with Gasteiger partial charge in [-0.05, 0) is 31.2 Å². The third-order valence-corrected chi connectivity index (χ3v) is 4.01. The van der Waals surface area contributed by atoms with Crippen LogP contribution >= 0.6 is 12.4 Å². The summed E-state index contributed by atoms with van der Waals surface area (Å²) in [6, 6.07) is 17.4. The third-order valence-electron chi connectivity index (χ3n) is 4.01. The topological polar surface area (TPSA) is 41.6 Å². The molecule has 1 saturated heterocycles. The minimum absolute atomic E-state index is 0. The lowest BCUT2D eigenvalue weighted by molar-refractivity contribution is 0.0763. The zero-order valence-electron chi connectivity index (χ0n) is 13.6. The van der Waals surface area contributed by atoms with Crippen LogP contribution in [0.5, 0.6) is 5.75 Å². The maximum Gasteiger partial charge on any atom is 0.254 e. The van der Waals surface area contributed by atoms with Gasteiger partial charge in [-0.3, -0.25) is 4.79 Å². The second-order valence-corrected chi connectivity index (χ2v) is 5.65. The Hall–Kier alpha value is -2.04. The Morgan fingerprint density at radius 2 is 1.75 bits per heavy atom. The molecule has 24 heavy (non-hydrogen) atoms. The number of carbonyl (C=O) groups is 1. The van der Waals surface area contributed by atoms with E-state index in [2.05, 4.69) is 5.32 Å². The lowest BCUT2D eigenvalue weighted by Crippen LogP contribution is -2.34. The summed E-state index contributed by atoms with van der Waals surface area (Å²) in [6.07, 6.45) is 0.994. The molecule has 0 saturated carbocycles. The highest BCUT2D eigenvalue weighted by Crippen LogP contribution is 2.16. The van der Waals surface area contributed by atoms with Crippen LogP contribution in [0.25, 0.3) is 0 Å². The van der Waals surface area contributed by atoms with E-state index >= 15 is 0 Å². The van der Waals surface area contributed by atoms with E-state index in [4.69, 9.17) is 4.74 Å². The maximum absolute atomic E-state index is 12.8. The number of ether oxygens (including phenoxy) is 1. The van der Waals surface area contributed by atoms with Crippen molar-refractivity contribution in [2.45, 2.75) is 13.0 Å². The molecule has 0 bridgehead atoms. The molecule has 2 aromatic rings. The zero-order valence-corrected chi connectivity index (χ0v) is 14.4. The van der Waals surface area contributed by atoms with Gasteiger partial charge in [0.25, 0.3) is 5.91 Å². The van der Waals surface area contributed by atoms with Gasteiger partial charge in [0.2, 0.25) is 0 Å². The monoisotopic (exact) mass is 346 g/mol. The molecule has 1 aliphatic heterocycles. The van der Waals surface area contributed by atoms with Crippen LogP contribution in [-0.4, -0.2) is 37.0 Å². The van der Waals surface area contributed by atoms with Gasteiger partial charge in [0.05, 0.1) is 0 Å². The normalized spacial score (nSPS) is 14.4. The molecular formula is C19H23ClN2O2. The standard InChI is InChI=1S/C19H22N2O2.ClH/c22-19(21-13-6-11-20-12-14-21)18-10-5-4-7-16(18)15-23-17-8-2-1-3-9-17;/h1-5,7-10,20H,6,11-15H2;1H. The number of para-hydroxylation sites is 1. The number of benzene rings is 2. The van der Waals surface area contributed by atoms with Gasteiger partial charge < -0.3 is 15.0 Å². The van der Waals surface area contributed by atoms with Gasteiger partial charge in [0, 0.05) is 30.8 Å². The van der Waals surface area contributed by atoms with Crippen molar-refractivity contribution in [1.82, 2.24) is 10.2 Å². The van der Waals surface area contributed by atoms with Crippen molar-refractivity contribution in [3.8, 4) is 5.75 Å². The summed E-state index contributed by atoms with van der Waals surface area (Å²) in [5, 5.41) is 3.33. The van der Waals surface area contributed by atoms with Crippen LogP contribution in [0.3, 0.4) is 0 Å². The third kappa shape index (κ3) is 4.73. The highest BCUT2D eigenvalue weighted by atomic mass is 35.5. The van der Waals surface area contributed by atoms with Gasteiger partial charge in [-0.15, -0.1) is 12.4 Å². The molecule has 1 N–H and O–H groups in total. The molecule has 3 rings (SSSR count). The first-order valence-corrected chi connectivity index (χ1v) is 8.10. The number of rotatable bonds is 4. The van der Waals surface area contributed by atoms with Crippen molar-refractivity contribution < 1.29 is 9.53 Å². The number of nitrogens with zero attached hydrogens (tertiary/aromatic N) is 1. The van der Waals surface area contributed by atoms with Crippen LogP contribution in [0.2, 0.25) is 0 Å². The fraction of sp³-hybridized carbons (Fsp3) is 0.316. The Kier molecular flexibility index (Phi) is 7.09. The first-order chi connectivity index (χ1) is 11.3. The molecule has 0 aliphatic carbocycles. The van der Waals surface area contributed by atoms with Crippen LogP contribution in [0.15, 0.2) is 54.6 Å². The first-order valence-electron chi connectivity index (χ1n) is 8.10. The summed E-state index contributed by atoms with van der Waals surface area (Å²) >= 11 is 0. The smallest absolute Gasteiger partial charge is 0.254 e. The Labute approximate surface area is 149 Å². The first kappa shape index (κ1) is 18.3. The van der Waals surface area contributed by atoms with Gasteiger partial charge in [0.1, 0.15) is 12.4 Å². The second-order valence-electron chi connectivity index (χ2n) is 5.65. The molecule has 4 nitrogen and oxygen atoms in total. The molecule has 1 heterocycles. The quantitative estimate of drug-likeness (QED) is 0.924. The number of amides is 1. The van der Waals surface area contributed by atoms with Crippen LogP contribution in [0, 0.1) is 0 Å². The van der Waals surface area contributed by atoms with Crippen LogP contribution in [0.4, 0.5) is 0 Å². The maximum atomic E-state index is 12.8. The fourth-order valence-corrected chi connectivity index (χ4v) is 2.75. The molecule has 1 amide bonds. The molecule has 128 valence electrons. The second kappa shape index (κ2) is 9.30. The fourth-order valence-electron chi connectivity index (χ4n) is 2.75. The van der Waals surface area contributed by atoms with Crippen LogP contribution in [-0.2, 0) is 6.61 Å². The lowest BCUT2D eigenvalue weighted by atomic mass is 10.1. The highest BCUT2D eigenvalue weighted by molar-refractivity contribution is 5.95. The van der Waals surface area contributed by atoms with Gasteiger partial charge in [-0.1, -0.05) is 36.4 Å². The number of carbonyl (C=O) groups excluding carboxylic acids is 1. The number of hydrogen-bond donors (Lipinski definition) is 1. The summed E-state index contributed by atoms with van der Waals surface area (Å²) in [5.74, 6) is 0.912. The summed E-state index contributed by atoms with van der Waals surface area (Å²) in [7, 11) is 0. The molecule has 0 spiro atoms. The SMILES string of the molecule is Cl.O=C(c1ccccc1COc1ccccc1)N1CCCNCC1. The van der Waals surface area contributed by atoms with Crippen molar-refractivity contribution in [1.29, 1.82) is 0 Å². The molecular weight excluding hydrogens is 324 g/mol. The minimum atomic E-state index is 0. The molecule has 0 atom stereocenters. The Balaban J connectivity index is 0.00000208. The van der Waals surface area contributed by atoms with E-state index in [0.717, 1.165) is 49.5 Å². The van der Waals surface area contributed by atoms with E-state index in [1.54, 1.807) is 0 Å². The van der Waals surface area contributed by atoms with E-state index in [-0.39, 0.29) is 18.3 Å². The van der Waals surface area contributed by atoms with Crippen molar-refractivity contribution in [2.75, 3.05) is 26.2 Å². The molecule has 5 heteroatoms.